The van der Waals surface area contributed by atoms with Crippen LogP contribution in [0.1, 0.15) is 26.6 Å². The van der Waals surface area contributed by atoms with E-state index in [1.54, 1.807) is 0 Å². The Kier molecular flexibility index (Phi) is 7.22. The summed E-state index contributed by atoms with van der Waals surface area (Å²) in [7, 11) is -3.72. The van der Waals surface area contributed by atoms with E-state index in [-0.39, 0.29) is 35.1 Å². The molecule has 1 aliphatic heterocycles. The Morgan fingerprint density at radius 1 is 1.16 bits per heavy atom. The first-order valence-electron chi connectivity index (χ1n) is 10.1. The maximum absolute atomic E-state index is 12.9. The number of benzene rings is 2. The van der Waals surface area contributed by atoms with Gasteiger partial charge in [0.1, 0.15) is 0 Å². The van der Waals surface area contributed by atoms with Crippen LogP contribution in [0.25, 0.3) is 0 Å². The van der Waals surface area contributed by atoms with Gasteiger partial charge in [-0.25, -0.2) is 13.4 Å². The molecule has 0 atom stereocenters. The number of nitrogens with zero attached hydrogens (tertiary/aromatic N) is 2. The molecular formula is C22H22ClN3O4S2. The second kappa shape index (κ2) is 10.1. The van der Waals surface area contributed by atoms with Gasteiger partial charge in [-0.1, -0.05) is 41.9 Å². The number of halogens is 1. The van der Waals surface area contributed by atoms with E-state index in [1.165, 1.54) is 39.4 Å². The topological polar surface area (TPSA) is 88.6 Å². The smallest absolute Gasteiger partial charge is 0.253 e. The van der Waals surface area contributed by atoms with Crippen LogP contribution < -0.4 is 5.32 Å². The fourth-order valence-corrected chi connectivity index (χ4v) is 5.79. The summed E-state index contributed by atoms with van der Waals surface area (Å²) in [4.78, 5) is 17.3. The Hall–Kier alpha value is -2.30. The van der Waals surface area contributed by atoms with Crippen molar-refractivity contribution >= 4 is 38.9 Å². The molecule has 0 radical (unpaired) electrons. The second-order valence-corrected chi connectivity index (χ2v) is 10.5. The first-order valence-corrected chi connectivity index (χ1v) is 12.8. The number of rotatable bonds is 7. The lowest BCUT2D eigenvalue weighted by molar-refractivity contribution is 0.0730. The number of morpholine rings is 1. The average Bonchev–Trinajstić information content (AvgIpc) is 3.26. The summed E-state index contributed by atoms with van der Waals surface area (Å²) < 4.78 is 32.4. The van der Waals surface area contributed by atoms with Crippen LogP contribution in [0, 0.1) is 0 Å². The molecule has 1 saturated heterocycles. The van der Waals surface area contributed by atoms with Gasteiger partial charge in [0.2, 0.25) is 10.0 Å². The van der Waals surface area contributed by atoms with Crippen LogP contribution in [0.15, 0.2) is 58.8 Å². The summed E-state index contributed by atoms with van der Waals surface area (Å²) in [6.07, 6.45) is 0.729. The lowest BCUT2D eigenvalue weighted by atomic mass is 10.2. The van der Waals surface area contributed by atoms with Gasteiger partial charge in [0.05, 0.1) is 45.9 Å². The number of hydrogen-bond acceptors (Lipinski definition) is 6. The normalized spacial score (nSPS) is 14.9. The standard InChI is InChI=1S/C22H22ClN3O4S2/c23-20-7-6-18(32(28,29)26-8-10-30-11-9-26)13-19(20)22(27)24-14-17-15-31-21(25-17)12-16-4-2-1-3-5-16/h1-7,13,15H,8-12,14H2,(H,24,27). The Morgan fingerprint density at radius 3 is 2.66 bits per heavy atom. The van der Waals surface area contributed by atoms with E-state index in [1.807, 2.05) is 35.7 Å². The minimum absolute atomic E-state index is 0.0350. The van der Waals surface area contributed by atoms with Gasteiger partial charge >= 0.3 is 0 Å². The van der Waals surface area contributed by atoms with Crippen LogP contribution in [-0.2, 0) is 27.7 Å². The van der Waals surface area contributed by atoms with Crippen molar-refractivity contribution in [3.63, 3.8) is 0 Å². The van der Waals surface area contributed by atoms with Gasteiger partial charge in [0.25, 0.3) is 5.91 Å². The molecule has 4 rings (SSSR count). The van der Waals surface area contributed by atoms with Gasteiger partial charge in [-0.3, -0.25) is 4.79 Å². The zero-order chi connectivity index (χ0) is 22.6. The Morgan fingerprint density at radius 2 is 1.91 bits per heavy atom. The maximum Gasteiger partial charge on any atom is 0.253 e. The van der Waals surface area contributed by atoms with Gasteiger partial charge in [-0.2, -0.15) is 4.31 Å². The molecular weight excluding hydrogens is 470 g/mol. The Bertz CT molecular complexity index is 1190. The molecule has 3 aromatic rings. The quantitative estimate of drug-likeness (QED) is 0.547. The first kappa shape index (κ1) is 22.9. The number of aromatic nitrogens is 1. The van der Waals surface area contributed by atoms with E-state index < -0.39 is 15.9 Å². The zero-order valence-electron chi connectivity index (χ0n) is 17.2. The summed E-state index contributed by atoms with van der Waals surface area (Å²) >= 11 is 7.73. The monoisotopic (exact) mass is 491 g/mol. The summed E-state index contributed by atoms with van der Waals surface area (Å²) in [6, 6.07) is 14.2. The minimum atomic E-state index is -3.72. The zero-order valence-corrected chi connectivity index (χ0v) is 19.5. The van der Waals surface area contributed by atoms with Crippen LogP contribution in [-0.4, -0.2) is 49.9 Å². The summed E-state index contributed by atoms with van der Waals surface area (Å²) in [5.41, 5.74) is 2.02. The molecule has 1 N–H and O–H groups in total. The van der Waals surface area contributed by atoms with Crippen LogP contribution >= 0.6 is 22.9 Å². The van der Waals surface area contributed by atoms with E-state index in [4.69, 9.17) is 16.3 Å². The van der Waals surface area contributed by atoms with Gasteiger partial charge in [0, 0.05) is 24.9 Å². The number of sulfonamides is 1. The van der Waals surface area contributed by atoms with Crippen molar-refractivity contribution in [2.24, 2.45) is 0 Å². The average molecular weight is 492 g/mol. The van der Waals surface area contributed by atoms with Gasteiger partial charge in [-0.15, -0.1) is 11.3 Å². The summed E-state index contributed by atoms with van der Waals surface area (Å²) in [5.74, 6) is -0.452. The van der Waals surface area contributed by atoms with E-state index in [9.17, 15) is 13.2 Å². The molecule has 1 fully saturated rings. The lowest BCUT2D eigenvalue weighted by Crippen LogP contribution is -2.40. The predicted molar refractivity (Wildman–Crippen MR) is 124 cm³/mol. The van der Waals surface area contributed by atoms with Crippen molar-refractivity contribution in [2.75, 3.05) is 26.3 Å². The highest BCUT2D eigenvalue weighted by molar-refractivity contribution is 7.89. The maximum atomic E-state index is 12.9. The minimum Gasteiger partial charge on any atom is -0.379 e. The highest BCUT2D eigenvalue weighted by Crippen LogP contribution is 2.24. The number of carbonyl (C=O) groups excluding carboxylic acids is 1. The van der Waals surface area contributed by atoms with Crippen molar-refractivity contribution in [2.45, 2.75) is 17.9 Å². The van der Waals surface area contributed by atoms with Crippen molar-refractivity contribution in [3.05, 3.63) is 80.8 Å². The molecule has 168 valence electrons. The molecule has 0 saturated carbocycles. The second-order valence-electron chi connectivity index (χ2n) is 7.24. The molecule has 2 heterocycles. The molecule has 1 aromatic heterocycles. The third-order valence-electron chi connectivity index (χ3n) is 5.02. The Labute approximate surface area is 196 Å². The van der Waals surface area contributed by atoms with Crippen LogP contribution in [0.5, 0.6) is 0 Å². The van der Waals surface area contributed by atoms with Gasteiger partial charge < -0.3 is 10.1 Å². The summed E-state index contributed by atoms with van der Waals surface area (Å²) in [5, 5.41) is 5.83. The molecule has 1 amide bonds. The fraction of sp³-hybridized carbons (Fsp3) is 0.273. The molecule has 0 aliphatic carbocycles. The van der Waals surface area contributed by atoms with Crippen molar-refractivity contribution in [1.82, 2.24) is 14.6 Å². The first-order chi connectivity index (χ1) is 15.4. The molecule has 1 aliphatic rings. The highest BCUT2D eigenvalue weighted by atomic mass is 35.5. The van der Waals surface area contributed by atoms with Gasteiger partial charge in [-0.05, 0) is 23.8 Å². The number of hydrogen-bond donors (Lipinski definition) is 1. The number of carbonyl (C=O) groups is 1. The van der Waals surface area contributed by atoms with Crippen LogP contribution in [0.3, 0.4) is 0 Å². The lowest BCUT2D eigenvalue weighted by Gasteiger charge is -2.26. The van der Waals surface area contributed by atoms with Crippen LogP contribution in [0.2, 0.25) is 5.02 Å². The number of ether oxygens (including phenoxy) is 1. The van der Waals surface area contributed by atoms with Crippen molar-refractivity contribution in [1.29, 1.82) is 0 Å². The van der Waals surface area contributed by atoms with E-state index >= 15 is 0 Å². The highest BCUT2D eigenvalue weighted by Gasteiger charge is 2.27. The molecule has 0 unspecified atom stereocenters. The van der Waals surface area contributed by atoms with Crippen molar-refractivity contribution < 1.29 is 17.9 Å². The molecule has 7 nitrogen and oxygen atoms in total. The number of amides is 1. The largest absolute Gasteiger partial charge is 0.379 e. The number of nitrogens with one attached hydrogen (secondary N) is 1. The fourth-order valence-electron chi connectivity index (χ4n) is 3.32. The van der Waals surface area contributed by atoms with Crippen LogP contribution in [0.4, 0.5) is 0 Å². The molecule has 10 heteroatoms. The van der Waals surface area contributed by atoms with E-state index in [0.29, 0.717) is 13.2 Å². The number of thiazole rings is 1. The predicted octanol–water partition coefficient (Wildman–Crippen LogP) is 3.34. The molecule has 2 aromatic carbocycles. The molecule has 0 bridgehead atoms. The van der Waals surface area contributed by atoms with E-state index in [2.05, 4.69) is 10.3 Å². The molecule has 32 heavy (non-hydrogen) atoms. The van der Waals surface area contributed by atoms with E-state index in [0.717, 1.165) is 17.1 Å². The van der Waals surface area contributed by atoms with Gasteiger partial charge in [0.15, 0.2) is 0 Å². The Balaban J connectivity index is 1.43. The van der Waals surface area contributed by atoms with Crippen molar-refractivity contribution in [3.8, 4) is 0 Å². The summed E-state index contributed by atoms with van der Waals surface area (Å²) in [6.45, 7) is 1.48. The SMILES string of the molecule is O=C(NCc1csc(Cc2ccccc2)n1)c1cc(S(=O)(=O)N2CCOCC2)ccc1Cl. The third kappa shape index (κ3) is 5.36. The molecule has 0 spiro atoms. The third-order valence-corrected chi connectivity index (χ3v) is 8.14.